The lowest BCUT2D eigenvalue weighted by molar-refractivity contribution is -0.114. The molecule has 0 atom stereocenters. The van der Waals surface area contributed by atoms with Crippen molar-refractivity contribution in [2.75, 3.05) is 5.75 Å². The van der Waals surface area contributed by atoms with E-state index in [1.165, 1.54) is 28.1 Å². The molecule has 23 heavy (non-hydrogen) atoms. The second kappa shape index (κ2) is 7.15. The van der Waals surface area contributed by atoms with E-state index in [0.29, 0.717) is 17.0 Å². The number of ketones is 1. The van der Waals surface area contributed by atoms with Crippen molar-refractivity contribution in [2.45, 2.75) is 18.6 Å². The summed E-state index contributed by atoms with van der Waals surface area (Å²) in [6.45, 7) is 2.21. The topological polar surface area (TPSA) is 47.8 Å². The molecule has 0 unspecified atom stereocenters. The molecule has 0 saturated carbocycles. The molecule has 0 spiro atoms. The molecule has 118 valence electrons. The van der Waals surface area contributed by atoms with Crippen molar-refractivity contribution in [3.05, 3.63) is 51.2 Å². The number of Topliss-reactive ketones (excluding diaryl/α,β-unsaturated/α-hetero) is 1. The third-order valence-corrected chi connectivity index (χ3v) is 5.76. The van der Waals surface area contributed by atoms with E-state index in [4.69, 9.17) is 0 Å². The smallest absolute Gasteiger partial charge is 0.201 e. The van der Waals surface area contributed by atoms with Crippen LogP contribution < -0.4 is 0 Å². The fourth-order valence-corrected chi connectivity index (χ4v) is 4.02. The van der Waals surface area contributed by atoms with Gasteiger partial charge in [0.25, 0.3) is 0 Å². The Morgan fingerprint density at radius 3 is 2.61 bits per heavy atom. The van der Waals surface area contributed by atoms with Gasteiger partial charge < -0.3 is 0 Å². The normalized spacial score (nSPS) is 11.1. The van der Waals surface area contributed by atoms with Crippen LogP contribution in [0.2, 0.25) is 0 Å². The maximum atomic E-state index is 11.2. The Hall–Kier alpha value is -1.18. The largest absolute Gasteiger partial charge is 0.299 e. The number of nitrogens with zero attached hydrogens (tertiary/aromatic N) is 3. The number of fused-ring (bicyclic) bond motifs is 1. The standard InChI is InChI=1S/C16H13Br2N3OS/c1-10(22)9-23-16-20-19-15(18)21(16)8-11-6-7-14(17)13-5-3-2-4-12(11)13/h2-7H,8-9H2,1H3. The number of aromatic nitrogens is 3. The molecule has 3 rings (SSSR count). The molecule has 0 aliphatic carbocycles. The van der Waals surface area contributed by atoms with Crippen molar-refractivity contribution in [2.24, 2.45) is 0 Å². The van der Waals surface area contributed by atoms with Crippen LogP contribution in [-0.2, 0) is 11.3 Å². The van der Waals surface area contributed by atoms with Crippen molar-refractivity contribution in [1.82, 2.24) is 14.8 Å². The van der Waals surface area contributed by atoms with E-state index >= 15 is 0 Å². The summed E-state index contributed by atoms with van der Waals surface area (Å²) in [5.74, 6) is 0.515. The number of carbonyl (C=O) groups is 1. The number of benzene rings is 2. The van der Waals surface area contributed by atoms with E-state index in [1.807, 2.05) is 16.7 Å². The van der Waals surface area contributed by atoms with E-state index in [9.17, 15) is 4.79 Å². The molecule has 1 heterocycles. The van der Waals surface area contributed by atoms with Crippen LogP contribution in [0.4, 0.5) is 0 Å². The van der Waals surface area contributed by atoms with Gasteiger partial charge >= 0.3 is 0 Å². The summed E-state index contributed by atoms with van der Waals surface area (Å²) in [6, 6.07) is 12.4. The van der Waals surface area contributed by atoms with Gasteiger partial charge in [-0.3, -0.25) is 9.36 Å². The molecule has 0 saturated heterocycles. The predicted molar refractivity (Wildman–Crippen MR) is 99.9 cm³/mol. The summed E-state index contributed by atoms with van der Waals surface area (Å²) >= 11 is 8.44. The van der Waals surface area contributed by atoms with Crippen LogP contribution in [0, 0.1) is 0 Å². The zero-order valence-corrected chi connectivity index (χ0v) is 16.3. The molecule has 0 radical (unpaired) electrons. The number of carbonyl (C=O) groups excluding carboxylic acids is 1. The lowest BCUT2D eigenvalue weighted by Gasteiger charge is -2.11. The lowest BCUT2D eigenvalue weighted by Crippen LogP contribution is -2.04. The summed E-state index contributed by atoms with van der Waals surface area (Å²) in [7, 11) is 0. The number of halogens is 2. The van der Waals surface area contributed by atoms with E-state index in [1.54, 1.807) is 6.92 Å². The zero-order chi connectivity index (χ0) is 16.4. The quantitative estimate of drug-likeness (QED) is 0.525. The molecule has 0 N–H and O–H groups in total. The minimum atomic E-state index is 0.120. The molecule has 0 amide bonds. The first-order chi connectivity index (χ1) is 11.1. The van der Waals surface area contributed by atoms with Crippen molar-refractivity contribution in [1.29, 1.82) is 0 Å². The molecular formula is C16H13Br2N3OS. The molecule has 4 nitrogen and oxygen atoms in total. The molecule has 7 heteroatoms. The second-order valence-corrected chi connectivity index (χ2v) is 7.59. The first kappa shape index (κ1) is 16.7. The zero-order valence-electron chi connectivity index (χ0n) is 12.3. The van der Waals surface area contributed by atoms with Gasteiger partial charge in [0.2, 0.25) is 4.73 Å². The molecule has 0 aliphatic heterocycles. The Kier molecular flexibility index (Phi) is 5.18. The molecule has 2 aromatic carbocycles. The Morgan fingerprint density at radius 1 is 1.13 bits per heavy atom. The highest BCUT2D eigenvalue weighted by Crippen LogP contribution is 2.29. The van der Waals surface area contributed by atoms with Crippen molar-refractivity contribution in [3.8, 4) is 0 Å². The van der Waals surface area contributed by atoms with E-state index in [-0.39, 0.29) is 5.78 Å². The maximum absolute atomic E-state index is 11.2. The number of hydrogen-bond acceptors (Lipinski definition) is 4. The van der Waals surface area contributed by atoms with Gasteiger partial charge in [-0.05, 0) is 45.3 Å². The molecule has 0 fully saturated rings. The van der Waals surface area contributed by atoms with E-state index < -0.39 is 0 Å². The minimum Gasteiger partial charge on any atom is -0.299 e. The Bertz CT molecular complexity index is 879. The monoisotopic (exact) mass is 453 g/mol. The average molecular weight is 455 g/mol. The highest BCUT2D eigenvalue weighted by Gasteiger charge is 2.13. The van der Waals surface area contributed by atoms with Gasteiger partial charge in [0.1, 0.15) is 5.78 Å². The third-order valence-electron chi connectivity index (χ3n) is 3.37. The van der Waals surface area contributed by atoms with Gasteiger partial charge in [-0.15, -0.1) is 10.2 Å². The second-order valence-electron chi connectivity index (χ2n) is 5.08. The summed E-state index contributed by atoms with van der Waals surface area (Å²) in [4.78, 5) is 11.2. The maximum Gasteiger partial charge on any atom is 0.201 e. The Morgan fingerprint density at radius 2 is 1.87 bits per heavy atom. The molecular weight excluding hydrogens is 442 g/mol. The SMILES string of the molecule is CC(=O)CSc1nnc(Br)n1Cc1ccc(Br)c2ccccc12. The summed E-state index contributed by atoms with van der Waals surface area (Å²) in [6.07, 6.45) is 0. The lowest BCUT2D eigenvalue weighted by atomic mass is 10.0. The van der Waals surface area contributed by atoms with Gasteiger partial charge in [-0.1, -0.05) is 58.0 Å². The van der Waals surface area contributed by atoms with Crippen LogP contribution in [0.5, 0.6) is 0 Å². The minimum absolute atomic E-state index is 0.120. The highest BCUT2D eigenvalue weighted by atomic mass is 79.9. The highest BCUT2D eigenvalue weighted by molar-refractivity contribution is 9.10. The molecule has 0 bridgehead atoms. The van der Waals surface area contributed by atoms with Crippen LogP contribution in [-0.4, -0.2) is 26.3 Å². The van der Waals surface area contributed by atoms with E-state index in [0.717, 1.165) is 9.63 Å². The molecule has 1 aromatic heterocycles. The van der Waals surface area contributed by atoms with Gasteiger partial charge in [0, 0.05) is 4.47 Å². The van der Waals surface area contributed by atoms with Crippen LogP contribution >= 0.6 is 43.6 Å². The van der Waals surface area contributed by atoms with Crippen LogP contribution in [0.3, 0.4) is 0 Å². The fourth-order valence-electron chi connectivity index (χ4n) is 2.31. The van der Waals surface area contributed by atoms with Crippen LogP contribution in [0.25, 0.3) is 10.8 Å². The first-order valence-electron chi connectivity index (χ1n) is 6.93. The average Bonchev–Trinajstić information content (AvgIpc) is 2.89. The van der Waals surface area contributed by atoms with E-state index in [2.05, 4.69) is 66.3 Å². The predicted octanol–water partition coefficient (Wildman–Crippen LogP) is 4.69. The summed E-state index contributed by atoms with van der Waals surface area (Å²) in [5, 5.41) is 11.3. The van der Waals surface area contributed by atoms with Crippen LogP contribution in [0.15, 0.2) is 50.8 Å². The van der Waals surface area contributed by atoms with Gasteiger partial charge in [-0.2, -0.15) is 0 Å². The number of hydrogen-bond donors (Lipinski definition) is 0. The van der Waals surface area contributed by atoms with Crippen molar-refractivity contribution < 1.29 is 4.79 Å². The molecule has 0 aliphatic rings. The van der Waals surface area contributed by atoms with Gasteiger partial charge in [-0.25, -0.2) is 0 Å². The summed E-state index contributed by atoms with van der Waals surface area (Å²) < 4.78 is 3.71. The number of rotatable bonds is 5. The summed E-state index contributed by atoms with van der Waals surface area (Å²) in [5.41, 5.74) is 1.17. The number of thioether (sulfide) groups is 1. The van der Waals surface area contributed by atoms with Crippen molar-refractivity contribution >= 4 is 60.2 Å². The first-order valence-corrected chi connectivity index (χ1v) is 9.50. The Labute approximate surface area is 154 Å². The fraction of sp³-hybridized carbons (Fsp3) is 0.188. The third kappa shape index (κ3) is 3.67. The van der Waals surface area contributed by atoms with Gasteiger partial charge in [0.05, 0.1) is 12.3 Å². The van der Waals surface area contributed by atoms with Crippen molar-refractivity contribution in [3.63, 3.8) is 0 Å². The molecule has 3 aromatic rings. The van der Waals surface area contributed by atoms with Crippen LogP contribution in [0.1, 0.15) is 12.5 Å². The Balaban J connectivity index is 1.98. The van der Waals surface area contributed by atoms with Gasteiger partial charge in [0.15, 0.2) is 5.16 Å².